The second kappa shape index (κ2) is 5.70. The van der Waals surface area contributed by atoms with Crippen LogP contribution >= 0.6 is 0 Å². The van der Waals surface area contributed by atoms with Crippen LogP contribution in [-0.4, -0.2) is 28.0 Å². The summed E-state index contributed by atoms with van der Waals surface area (Å²) in [5.74, 6) is -1.49. The van der Waals surface area contributed by atoms with Crippen LogP contribution in [0.15, 0.2) is 41.4 Å². The van der Waals surface area contributed by atoms with Crippen LogP contribution in [0.25, 0.3) is 0 Å². The summed E-state index contributed by atoms with van der Waals surface area (Å²) in [6, 6.07) is 0. The molecule has 2 heterocycles. The van der Waals surface area contributed by atoms with E-state index < -0.39 is 16.8 Å². The number of esters is 1. The molecule has 0 saturated carbocycles. The van der Waals surface area contributed by atoms with E-state index in [1.807, 2.05) is 0 Å². The van der Waals surface area contributed by atoms with Crippen LogP contribution in [0.3, 0.4) is 0 Å². The number of ether oxygens (including phenoxy) is 1. The molecule has 0 bridgehead atoms. The second-order valence-electron chi connectivity index (χ2n) is 4.53. The number of allylic oxidation sites excluding steroid dienone is 3. The average molecular weight is 290 g/mol. The number of nitro groups is 1. The standard InChI is InChI=1S/C13H14N4O4/c1-7-10(13(18)21-3)11(9-4-14-6-15-5-9)12(17(19)20)8(2)16-7/h4-6,11,16H,1-3H3. The van der Waals surface area contributed by atoms with Gasteiger partial charge in [-0.25, -0.2) is 14.8 Å². The fourth-order valence-corrected chi connectivity index (χ4v) is 2.39. The Hall–Kier alpha value is -2.77. The van der Waals surface area contributed by atoms with Gasteiger partial charge in [0, 0.05) is 23.7 Å². The number of carbonyl (C=O) groups excluding carboxylic acids is 1. The molecule has 8 nitrogen and oxygen atoms in total. The molecule has 1 unspecified atom stereocenters. The van der Waals surface area contributed by atoms with Crippen molar-refractivity contribution in [3.8, 4) is 0 Å². The number of nitrogens with one attached hydrogen (secondary N) is 1. The fourth-order valence-electron chi connectivity index (χ4n) is 2.39. The van der Waals surface area contributed by atoms with Gasteiger partial charge in [-0.05, 0) is 13.8 Å². The highest BCUT2D eigenvalue weighted by Gasteiger charge is 2.40. The number of hydrogen-bond acceptors (Lipinski definition) is 7. The van der Waals surface area contributed by atoms with Crippen LogP contribution in [-0.2, 0) is 9.53 Å². The first kappa shape index (κ1) is 14.6. The zero-order valence-corrected chi connectivity index (χ0v) is 11.8. The van der Waals surface area contributed by atoms with Crippen LogP contribution < -0.4 is 5.32 Å². The number of hydrogen-bond donors (Lipinski definition) is 1. The van der Waals surface area contributed by atoms with Crippen molar-refractivity contribution in [3.05, 3.63) is 57.1 Å². The Morgan fingerprint density at radius 2 is 1.95 bits per heavy atom. The Morgan fingerprint density at radius 3 is 2.48 bits per heavy atom. The molecule has 110 valence electrons. The highest BCUT2D eigenvalue weighted by molar-refractivity contribution is 5.92. The molecule has 0 fully saturated rings. The molecular weight excluding hydrogens is 276 g/mol. The van der Waals surface area contributed by atoms with Crippen LogP contribution in [0.4, 0.5) is 0 Å². The van der Waals surface area contributed by atoms with Gasteiger partial charge in [-0.3, -0.25) is 10.1 Å². The van der Waals surface area contributed by atoms with Gasteiger partial charge in [0.2, 0.25) is 0 Å². The molecule has 1 aromatic heterocycles. The van der Waals surface area contributed by atoms with Crippen LogP contribution in [0.2, 0.25) is 0 Å². The molecule has 21 heavy (non-hydrogen) atoms. The summed E-state index contributed by atoms with van der Waals surface area (Å²) in [4.78, 5) is 30.7. The van der Waals surface area contributed by atoms with Gasteiger partial charge in [0.05, 0.1) is 23.3 Å². The van der Waals surface area contributed by atoms with Gasteiger partial charge < -0.3 is 10.1 Å². The number of methoxy groups -OCH3 is 1. The fraction of sp³-hybridized carbons (Fsp3) is 0.308. The second-order valence-corrected chi connectivity index (χ2v) is 4.53. The molecule has 1 aliphatic heterocycles. The lowest BCUT2D eigenvalue weighted by Crippen LogP contribution is -2.31. The van der Waals surface area contributed by atoms with Crippen molar-refractivity contribution >= 4 is 5.97 Å². The molecule has 8 heteroatoms. The quantitative estimate of drug-likeness (QED) is 0.505. The third-order valence-corrected chi connectivity index (χ3v) is 3.24. The summed E-state index contributed by atoms with van der Waals surface area (Å²) in [6.07, 6.45) is 4.23. The Labute approximate surface area is 120 Å². The van der Waals surface area contributed by atoms with Crippen molar-refractivity contribution < 1.29 is 14.5 Å². The zero-order valence-electron chi connectivity index (χ0n) is 11.8. The summed E-state index contributed by atoms with van der Waals surface area (Å²) in [6.45, 7) is 3.26. The first-order chi connectivity index (χ1) is 9.97. The van der Waals surface area contributed by atoms with Gasteiger partial charge in [0.15, 0.2) is 0 Å². The van der Waals surface area contributed by atoms with E-state index >= 15 is 0 Å². The van der Waals surface area contributed by atoms with Crippen molar-refractivity contribution in [2.75, 3.05) is 7.11 Å². The lowest BCUT2D eigenvalue weighted by molar-refractivity contribution is -0.431. The summed E-state index contributed by atoms with van der Waals surface area (Å²) in [5.41, 5.74) is 1.42. The molecular formula is C13H14N4O4. The summed E-state index contributed by atoms with van der Waals surface area (Å²) in [7, 11) is 1.23. The smallest absolute Gasteiger partial charge is 0.336 e. The summed E-state index contributed by atoms with van der Waals surface area (Å²) >= 11 is 0. The summed E-state index contributed by atoms with van der Waals surface area (Å²) in [5, 5.41) is 14.3. The van der Waals surface area contributed by atoms with Crippen molar-refractivity contribution in [2.45, 2.75) is 19.8 Å². The van der Waals surface area contributed by atoms with Crippen LogP contribution in [0.5, 0.6) is 0 Å². The molecule has 0 aliphatic carbocycles. The first-order valence-electron chi connectivity index (χ1n) is 6.13. The van der Waals surface area contributed by atoms with E-state index in [0.29, 0.717) is 17.0 Å². The molecule has 0 saturated heterocycles. The largest absolute Gasteiger partial charge is 0.466 e. The normalized spacial score (nSPS) is 18.3. The Bertz CT molecular complexity index is 651. The predicted molar refractivity (Wildman–Crippen MR) is 72.3 cm³/mol. The van der Waals surface area contributed by atoms with E-state index in [9.17, 15) is 14.9 Å². The Balaban J connectivity index is 2.66. The number of rotatable bonds is 3. The highest BCUT2D eigenvalue weighted by atomic mass is 16.6. The van der Waals surface area contributed by atoms with Crippen molar-refractivity contribution in [1.29, 1.82) is 0 Å². The monoisotopic (exact) mass is 290 g/mol. The third-order valence-electron chi connectivity index (χ3n) is 3.24. The minimum Gasteiger partial charge on any atom is -0.466 e. The number of carbonyl (C=O) groups is 1. The molecule has 0 aromatic carbocycles. The predicted octanol–water partition coefficient (Wildman–Crippen LogP) is 1.12. The first-order valence-corrected chi connectivity index (χ1v) is 6.13. The van der Waals surface area contributed by atoms with Gasteiger partial charge >= 0.3 is 5.97 Å². The average Bonchev–Trinajstić information content (AvgIpc) is 2.46. The number of aromatic nitrogens is 2. The zero-order chi connectivity index (χ0) is 15.6. The molecule has 0 amide bonds. The van der Waals surface area contributed by atoms with Gasteiger partial charge in [-0.15, -0.1) is 0 Å². The topological polar surface area (TPSA) is 107 Å². The maximum absolute atomic E-state index is 12.0. The van der Waals surface area contributed by atoms with E-state index in [4.69, 9.17) is 4.74 Å². The van der Waals surface area contributed by atoms with E-state index in [2.05, 4.69) is 15.3 Å². The number of nitrogens with zero attached hydrogens (tertiary/aromatic N) is 3. The van der Waals surface area contributed by atoms with E-state index in [1.54, 1.807) is 13.8 Å². The minimum absolute atomic E-state index is 0.115. The third kappa shape index (κ3) is 2.60. The van der Waals surface area contributed by atoms with Gasteiger partial charge in [-0.2, -0.15) is 0 Å². The van der Waals surface area contributed by atoms with Crippen molar-refractivity contribution in [2.24, 2.45) is 0 Å². The lowest BCUT2D eigenvalue weighted by atomic mass is 9.85. The molecule has 0 spiro atoms. The molecule has 2 rings (SSSR count). The maximum Gasteiger partial charge on any atom is 0.336 e. The van der Waals surface area contributed by atoms with E-state index in [1.165, 1.54) is 25.8 Å². The highest BCUT2D eigenvalue weighted by Crippen LogP contribution is 2.37. The van der Waals surface area contributed by atoms with E-state index in [-0.39, 0.29) is 11.3 Å². The summed E-state index contributed by atoms with van der Waals surface area (Å²) < 4.78 is 4.75. The van der Waals surface area contributed by atoms with Crippen LogP contribution in [0, 0.1) is 10.1 Å². The molecule has 0 radical (unpaired) electrons. The Morgan fingerprint density at radius 1 is 1.33 bits per heavy atom. The maximum atomic E-state index is 12.0. The number of dihydropyridines is 1. The Kier molecular flexibility index (Phi) is 3.97. The molecule has 1 N–H and O–H groups in total. The minimum atomic E-state index is -0.866. The van der Waals surface area contributed by atoms with Gasteiger partial charge in [0.25, 0.3) is 5.70 Å². The SMILES string of the molecule is COC(=O)C1=C(C)NC(C)=C([N+](=O)[O-])C1c1cncnc1. The van der Waals surface area contributed by atoms with Gasteiger partial charge in [0.1, 0.15) is 12.2 Å². The van der Waals surface area contributed by atoms with Crippen molar-refractivity contribution in [1.82, 2.24) is 15.3 Å². The van der Waals surface area contributed by atoms with Crippen molar-refractivity contribution in [3.63, 3.8) is 0 Å². The van der Waals surface area contributed by atoms with Crippen LogP contribution in [0.1, 0.15) is 25.3 Å². The van der Waals surface area contributed by atoms with Gasteiger partial charge in [-0.1, -0.05) is 0 Å². The lowest BCUT2D eigenvalue weighted by Gasteiger charge is -2.25. The molecule has 1 aliphatic rings. The molecule has 1 atom stereocenters. The molecule has 1 aromatic rings. The van der Waals surface area contributed by atoms with E-state index in [0.717, 1.165) is 0 Å².